The number of carbonyl (C=O) groups is 1. The van der Waals surface area contributed by atoms with Crippen molar-refractivity contribution in [1.29, 1.82) is 0 Å². The topological polar surface area (TPSA) is 55.1 Å². The molecule has 0 radical (unpaired) electrons. The Hall–Kier alpha value is -0.870. The zero-order chi connectivity index (χ0) is 13.7. The Morgan fingerprint density at radius 3 is 2.33 bits per heavy atom. The van der Waals surface area contributed by atoms with Gasteiger partial charge in [0.25, 0.3) is 0 Å². The van der Waals surface area contributed by atoms with E-state index >= 15 is 0 Å². The average Bonchev–Trinajstić information content (AvgIpc) is 2.28. The molecule has 3 nitrogen and oxygen atoms in total. The maximum absolute atomic E-state index is 11.9. The van der Waals surface area contributed by atoms with Crippen LogP contribution in [-0.4, -0.2) is 11.9 Å². The fourth-order valence-electron chi connectivity index (χ4n) is 1.77. The number of nitrogens with two attached hydrogens (primary N) is 1. The molecule has 1 aromatic rings. The van der Waals surface area contributed by atoms with Gasteiger partial charge in [0.05, 0.1) is 12.1 Å². The summed E-state index contributed by atoms with van der Waals surface area (Å²) >= 11 is 3.39. The Labute approximate surface area is 117 Å². The first-order chi connectivity index (χ1) is 8.40. The minimum Gasteiger partial charge on any atom is -0.348 e. The van der Waals surface area contributed by atoms with Gasteiger partial charge in [-0.25, -0.2) is 0 Å². The molecule has 18 heavy (non-hydrogen) atoms. The molecule has 4 heteroatoms. The number of hydrogen-bond acceptors (Lipinski definition) is 2. The van der Waals surface area contributed by atoms with Crippen molar-refractivity contribution in [1.82, 2.24) is 5.32 Å². The van der Waals surface area contributed by atoms with Gasteiger partial charge in [-0.1, -0.05) is 41.9 Å². The van der Waals surface area contributed by atoms with Crippen LogP contribution in [0.15, 0.2) is 28.7 Å². The van der Waals surface area contributed by atoms with Crippen LogP contribution in [0.2, 0.25) is 0 Å². The van der Waals surface area contributed by atoms with Crippen molar-refractivity contribution in [3.63, 3.8) is 0 Å². The van der Waals surface area contributed by atoms with E-state index in [1.807, 2.05) is 31.2 Å². The first-order valence-electron chi connectivity index (χ1n) is 6.21. The van der Waals surface area contributed by atoms with Crippen LogP contribution in [0.4, 0.5) is 0 Å². The molecule has 0 bridgehead atoms. The fraction of sp³-hybridized carbons (Fsp3) is 0.500. The van der Waals surface area contributed by atoms with Crippen LogP contribution in [0.5, 0.6) is 0 Å². The molecule has 0 spiro atoms. The molecule has 0 aliphatic heterocycles. The molecule has 3 N–H and O–H groups in total. The molecule has 1 rings (SSSR count). The molecule has 0 aromatic heterocycles. The van der Waals surface area contributed by atoms with Crippen molar-refractivity contribution in [3.8, 4) is 0 Å². The standard InChI is InChI=1S/C14H21BrN2O/c1-9(2)8-13(16)14(18)17-10(3)11-4-6-12(15)7-5-11/h4-7,9-10,13H,8,16H2,1-3H3,(H,17,18)/t10-,13?/m1/s1. The Bertz CT molecular complexity index is 389. The van der Waals surface area contributed by atoms with Crippen molar-refractivity contribution in [2.24, 2.45) is 11.7 Å². The molecule has 1 unspecified atom stereocenters. The third kappa shape index (κ3) is 4.78. The van der Waals surface area contributed by atoms with E-state index in [9.17, 15) is 4.79 Å². The summed E-state index contributed by atoms with van der Waals surface area (Å²) in [6.07, 6.45) is 0.707. The van der Waals surface area contributed by atoms with Crippen molar-refractivity contribution in [3.05, 3.63) is 34.3 Å². The SMILES string of the molecule is CC(C)CC(N)C(=O)N[C@H](C)c1ccc(Br)cc1. The van der Waals surface area contributed by atoms with Crippen molar-refractivity contribution < 1.29 is 4.79 Å². The molecule has 2 atom stereocenters. The number of amides is 1. The molecular formula is C14H21BrN2O. The second-order valence-electron chi connectivity index (χ2n) is 5.02. The lowest BCUT2D eigenvalue weighted by Crippen LogP contribution is -2.42. The molecule has 1 aromatic carbocycles. The zero-order valence-electron chi connectivity index (χ0n) is 11.1. The van der Waals surface area contributed by atoms with Crippen LogP contribution < -0.4 is 11.1 Å². The van der Waals surface area contributed by atoms with E-state index in [2.05, 4.69) is 35.1 Å². The highest BCUT2D eigenvalue weighted by atomic mass is 79.9. The van der Waals surface area contributed by atoms with E-state index < -0.39 is 6.04 Å². The molecule has 0 aliphatic rings. The van der Waals surface area contributed by atoms with Crippen molar-refractivity contribution >= 4 is 21.8 Å². The van der Waals surface area contributed by atoms with Gasteiger partial charge in [0.2, 0.25) is 5.91 Å². The highest BCUT2D eigenvalue weighted by Crippen LogP contribution is 2.16. The maximum Gasteiger partial charge on any atom is 0.237 e. The summed E-state index contributed by atoms with van der Waals surface area (Å²) in [5.41, 5.74) is 6.92. The van der Waals surface area contributed by atoms with E-state index in [4.69, 9.17) is 5.73 Å². The van der Waals surface area contributed by atoms with Crippen LogP contribution in [0.1, 0.15) is 38.8 Å². The maximum atomic E-state index is 11.9. The van der Waals surface area contributed by atoms with Gasteiger partial charge in [-0.15, -0.1) is 0 Å². The lowest BCUT2D eigenvalue weighted by molar-refractivity contribution is -0.123. The van der Waals surface area contributed by atoms with Gasteiger partial charge < -0.3 is 11.1 Å². The molecule has 1 amide bonds. The smallest absolute Gasteiger partial charge is 0.237 e. The molecule has 0 aliphatic carbocycles. The van der Waals surface area contributed by atoms with Crippen LogP contribution in [0.3, 0.4) is 0 Å². The quantitative estimate of drug-likeness (QED) is 0.878. The normalized spacial score (nSPS) is 14.3. The first-order valence-corrected chi connectivity index (χ1v) is 7.01. The molecule has 0 saturated heterocycles. The van der Waals surface area contributed by atoms with Crippen LogP contribution >= 0.6 is 15.9 Å². The summed E-state index contributed by atoms with van der Waals surface area (Å²) in [7, 11) is 0. The monoisotopic (exact) mass is 312 g/mol. The van der Waals surface area contributed by atoms with E-state index in [0.29, 0.717) is 12.3 Å². The van der Waals surface area contributed by atoms with Crippen molar-refractivity contribution in [2.45, 2.75) is 39.3 Å². The largest absolute Gasteiger partial charge is 0.348 e. The van der Waals surface area contributed by atoms with Crippen LogP contribution in [0.25, 0.3) is 0 Å². The molecule has 0 saturated carbocycles. The molecule has 0 fully saturated rings. The summed E-state index contributed by atoms with van der Waals surface area (Å²) in [5, 5.41) is 2.94. The van der Waals surface area contributed by atoms with Gasteiger partial charge in [0.1, 0.15) is 0 Å². The summed E-state index contributed by atoms with van der Waals surface area (Å²) in [6, 6.07) is 7.45. The first kappa shape index (κ1) is 15.2. The third-order valence-electron chi connectivity index (χ3n) is 2.79. The van der Waals surface area contributed by atoms with E-state index in [-0.39, 0.29) is 11.9 Å². The summed E-state index contributed by atoms with van der Waals surface area (Å²) in [6.45, 7) is 6.08. The van der Waals surface area contributed by atoms with Gasteiger partial charge in [-0.05, 0) is 37.0 Å². The zero-order valence-corrected chi connectivity index (χ0v) is 12.7. The van der Waals surface area contributed by atoms with Gasteiger partial charge in [0.15, 0.2) is 0 Å². The average molecular weight is 313 g/mol. The van der Waals surface area contributed by atoms with E-state index in [1.165, 1.54) is 0 Å². The Kier molecular flexibility index (Phi) is 5.82. The number of nitrogens with one attached hydrogen (secondary N) is 1. The van der Waals surface area contributed by atoms with Crippen LogP contribution in [-0.2, 0) is 4.79 Å². The number of halogens is 1. The molecule has 0 heterocycles. The molecular weight excluding hydrogens is 292 g/mol. The minimum atomic E-state index is -0.428. The lowest BCUT2D eigenvalue weighted by Gasteiger charge is -2.19. The highest BCUT2D eigenvalue weighted by Gasteiger charge is 2.17. The number of hydrogen-bond donors (Lipinski definition) is 2. The summed E-state index contributed by atoms with van der Waals surface area (Å²) < 4.78 is 1.03. The summed E-state index contributed by atoms with van der Waals surface area (Å²) in [5.74, 6) is 0.341. The number of rotatable bonds is 5. The number of benzene rings is 1. The van der Waals surface area contributed by atoms with Crippen molar-refractivity contribution in [2.75, 3.05) is 0 Å². The third-order valence-corrected chi connectivity index (χ3v) is 3.32. The predicted octanol–water partition coefficient (Wildman–Crippen LogP) is 3.00. The fourth-order valence-corrected chi connectivity index (χ4v) is 2.03. The predicted molar refractivity (Wildman–Crippen MR) is 78.1 cm³/mol. The minimum absolute atomic E-state index is 0.0242. The van der Waals surface area contributed by atoms with Gasteiger partial charge >= 0.3 is 0 Å². The second kappa shape index (κ2) is 6.90. The van der Waals surface area contributed by atoms with E-state index in [1.54, 1.807) is 0 Å². The Morgan fingerprint density at radius 1 is 1.28 bits per heavy atom. The highest BCUT2D eigenvalue weighted by molar-refractivity contribution is 9.10. The van der Waals surface area contributed by atoms with Gasteiger partial charge in [-0.2, -0.15) is 0 Å². The molecule has 100 valence electrons. The Morgan fingerprint density at radius 2 is 1.83 bits per heavy atom. The number of carbonyl (C=O) groups excluding carboxylic acids is 1. The van der Waals surface area contributed by atoms with Gasteiger partial charge in [0, 0.05) is 4.47 Å². The summed E-state index contributed by atoms with van der Waals surface area (Å²) in [4.78, 5) is 11.9. The lowest BCUT2D eigenvalue weighted by atomic mass is 10.0. The van der Waals surface area contributed by atoms with E-state index in [0.717, 1.165) is 10.0 Å². The van der Waals surface area contributed by atoms with Crippen LogP contribution in [0, 0.1) is 5.92 Å². The van der Waals surface area contributed by atoms with Gasteiger partial charge in [-0.3, -0.25) is 4.79 Å². The Balaban J connectivity index is 2.56. The second-order valence-corrected chi connectivity index (χ2v) is 5.93.